The first kappa shape index (κ1) is 18.4. The zero-order valence-corrected chi connectivity index (χ0v) is 15.3. The van der Waals surface area contributed by atoms with Crippen LogP contribution in [-0.4, -0.2) is 36.3 Å². The van der Waals surface area contributed by atoms with Gasteiger partial charge in [-0.2, -0.15) is 0 Å². The zero-order valence-electron chi connectivity index (χ0n) is 15.3. The van der Waals surface area contributed by atoms with E-state index >= 15 is 0 Å². The molecule has 1 aliphatic heterocycles. The number of nitrogens with zero attached hydrogens (tertiary/aromatic N) is 1. The summed E-state index contributed by atoms with van der Waals surface area (Å²) < 4.78 is 0. The number of amides is 3. The Morgan fingerprint density at radius 2 is 1.88 bits per heavy atom. The van der Waals surface area contributed by atoms with Crippen molar-refractivity contribution in [3.63, 3.8) is 0 Å². The highest BCUT2D eigenvalue weighted by molar-refractivity contribution is 5.95. The summed E-state index contributed by atoms with van der Waals surface area (Å²) in [6.45, 7) is 2.62. The second kappa shape index (κ2) is 7.89. The molecule has 0 bridgehead atoms. The van der Waals surface area contributed by atoms with Crippen molar-refractivity contribution in [3.8, 4) is 0 Å². The number of rotatable bonds is 6. The van der Waals surface area contributed by atoms with E-state index in [-0.39, 0.29) is 17.7 Å². The maximum absolute atomic E-state index is 12.5. The van der Waals surface area contributed by atoms with Gasteiger partial charge in [-0.25, -0.2) is 0 Å². The quantitative estimate of drug-likeness (QED) is 0.764. The van der Waals surface area contributed by atoms with Gasteiger partial charge in [-0.15, -0.1) is 0 Å². The van der Waals surface area contributed by atoms with E-state index in [9.17, 15) is 14.4 Å². The molecule has 6 heteroatoms. The van der Waals surface area contributed by atoms with Crippen LogP contribution in [0.4, 0.5) is 5.69 Å². The Morgan fingerprint density at radius 3 is 2.62 bits per heavy atom. The summed E-state index contributed by atoms with van der Waals surface area (Å²) in [6.07, 6.45) is 5.16. The molecule has 2 aliphatic rings. The van der Waals surface area contributed by atoms with Gasteiger partial charge in [0.15, 0.2) is 0 Å². The lowest BCUT2D eigenvalue weighted by Gasteiger charge is -2.28. The topological polar surface area (TPSA) is 78.5 Å². The number of benzene rings is 1. The molecular formula is C20H27N3O3. The second-order valence-corrected chi connectivity index (χ2v) is 7.25. The molecule has 0 radical (unpaired) electrons. The Balaban J connectivity index is 1.46. The van der Waals surface area contributed by atoms with E-state index in [2.05, 4.69) is 16.7 Å². The van der Waals surface area contributed by atoms with Crippen LogP contribution in [0.3, 0.4) is 0 Å². The van der Waals surface area contributed by atoms with Crippen molar-refractivity contribution in [2.45, 2.75) is 57.4 Å². The van der Waals surface area contributed by atoms with Gasteiger partial charge in [0.05, 0.1) is 0 Å². The Morgan fingerprint density at radius 1 is 1.15 bits per heavy atom. The third kappa shape index (κ3) is 3.89. The SMILES string of the molecule is CC(=O)NC1(C(=O)NCCCC(=O)N2CCc3ccccc32)CCCC1. The number of anilines is 1. The molecule has 1 aromatic carbocycles. The molecular weight excluding hydrogens is 330 g/mol. The fourth-order valence-electron chi connectivity index (χ4n) is 4.07. The lowest BCUT2D eigenvalue weighted by Crippen LogP contribution is -2.56. The number of nitrogens with one attached hydrogen (secondary N) is 2. The first-order valence-corrected chi connectivity index (χ1v) is 9.47. The molecule has 0 spiro atoms. The highest BCUT2D eigenvalue weighted by Crippen LogP contribution is 2.30. The van der Waals surface area contributed by atoms with Crippen LogP contribution in [0, 0.1) is 0 Å². The summed E-state index contributed by atoms with van der Waals surface area (Å²) in [5, 5.41) is 5.75. The molecule has 0 saturated heterocycles. The van der Waals surface area contributed by atoms with Gasteiger partial charge in [-0.05, 0) is 37.3 Å². The van der Waals surface area contributed by atoms with E-state index in [1.165, 1.54) is 12.5 Å². The molecule has 1 aromatic rings. The predicted octanol–water partition coefficient (Wildman–Crippen LogP) is 1.92. The first-order valence-electron chi connectivity index (χ1n) is 9.47. The molecule has 1 heterocycles. The highest BCUT2D eigenvalue weighted by atomic mass is 16.2. The third-order valence-corrected chi connectivity index (χ3v) is 5.35. The van der Waals surface area contributed by atoms with Crippen molar-refractivity contribution < 1.29 is 14.4 Å². The molecule has 140 valence electrons. The smallest absolute Gasteiger partial charge is 0.245 e. The van der Waals surface area contributed by atoms with Gasteiger partial charge in [-0.3, -0.25) is 14.4 Å². The fourth-order valence-corrected chi connectivity index (χ4v) is 4.07. The van der Waals surface area contributed by atoms with Gasteiger partial charge in [0.25, 0.3) is 0 Å². The second-order valence-electron chi connectivity index (χ2n) is 7.25. The van der Waals surface area contributed by atoms with E-state index in [0.29, 0.717) is 32.2 Å². The molecule has 26 heavy (non-hydrogen) atoms. The van der Waals surface area contributed by atoms with Crippen LogP contribution in [0.5, 0.6) is 0 Å². The van der Waals surface area contributed by atoms with Gasteiger partial charge >= 0.3 is 0 Å². The summed E-state index contributed by atoms with van der Waals surface area (Å²) in [5.41, 5.74) is 1.47. The highest BCUT2D eigenvalue weighted by Gasteiger charge is 2.41. The molecule has 3 amide bonds. The van der Waals surface area contributed by atoms with Crippen LogP contribution in [0.1, 0.15) is 51.0 Å². The maximum Gasteiger partial charge on any atom is 0.245 e. The number of carbonyl (C=O) groups excluding carboxylic acids is 3. The average Bonchev–Trinajstić information content (AvgIpc) is 3.25. The fraction of sp³-hybridized carbons (Fsp3) is 0.550. The number of para-hydroxylation sites is 1. The van der Waals surface area contributed by atoms with Crippen molar-refractivity contribution in [2.24, 2.45) is 0 Å². The summed E-state index contributed by atoms with van der Waals surface area (Å²) >= 11 is 0. The van der Waals surface area contributed by atoms with Crippen molar-refractivity contribution in [1.29, 1.82) is 0 Å². The summed E-state index contributed by atoms with van der Waals surface area (Å²) in [4.78, 5) is 38.3. The minimum atomic E-state index is -0.760. The summed E-state index contributed by atoms with van der Waals surface area (Å²) in [6, 6.07) is 8.00. The molecule has 0 unspecified atom stereocenters. The minimum absolute atomic E-state index is 0.0987. The average molecular weight is 357 g/mol. The van der Waals surface area contributed by atoms with Crippen LogP contribution < -0.4 is 15.5 Å². The maximum atomic E-state index is 12.5. The van der Waals surface area contributed by atoms with Gasteiger partial charge in [-0.1, -0.05) is 31.0 Å². The lowest BCUT2D eigenvalue weighted by molar-refractivity contribution is -0.132. The Bertz CT molecular complexity index is 695. The van der Waals surface area contributed by atoms with E-state index in [1.54, 1.807) is 0 Å². The van der Waals surface area contributed by atoms with Crippen LogP contribution in [-0.2, 0) is 20.8 Å². The number of fused-ring (bicyclic) bond motifs is 1. The normalized spacial score (nSPS) is 17.7. The van der Waals surface area contributed by atoms with Gasteiger partial charge in [0.1, 0.15) is 5.54 Å². The third-order valence-electron chi connectivity index (χ3n) is 5.35. The van der Waals surface area contributed by atoms with E-state index in [4.69, 9.17) is 0 Å². The van der Waals surface area contributed by atoms with Gasteiger partial charge < -0.3 is 15.5 Å². The van der Waals surface area contributed by atoms with Crippen LogP contribution in [0.15, 0.2) is 24.3 Å². The summed E-state index contributed by atoms with van der Waals surface area (Å²) in [7, 11) is 0. The molecule has 1 aliphatic carbocycles. The standard InChI is InChI=1S/C20H27N3O3/c1-15(24)22-20(11-4-5-12-20)19(26)21-13-6-9-18(25)23-14-10-16-7-2-3-8-17(16)23/h2-3,7-8H,4-6,9-14H2,1H3,(H,21,26)(H,22,24). The first-order chi connectivity index (χ1) is 12.5. The van der Waals surface area contributed by atoms with Crippen LogP contribution in [0.25, 0.3) is 0 Å². The van der Waals surface area contributed by atoms with Gasteiger partial charge in [0, 0.05) is 32.1 Å². The molecule has 0 aromatic heterocycles. The zero-order chi connectivity index (χ0) is 18.6. The molecule has 6 nitrogen and oxygen atoms in total. The predicted molar refractivity (Wildman–Crippen MR) is 99.8 cm³/mol. The molecule has 3 rings (SSSR count). The molecule has 1 saturated carbocycles. The largest absolute Gasteiger partial charge is 0.354 e. The Kier molecular flexibility index (Phi) is 5.59. The number of hydrogen-bond donors (Lipinski definition) is 2. The van der Waals surface area contributed by atoms with Crippen molar-refractivity contribution >= 4 is 23.4 Å². The van der Waals surface area contributed by atoms with E-state index in [1.807, 2.05) is 23.1 Å². The molecule has 2 N–H and O–H groups in total. The van der Waals surface area contributed by atoms with Crippen molar-refractivity contribution in [1.82, 2.24) is 10.6 Å². The Hall–Kier alpha value is -2.37. The number of carbonyl (C=O) groups is 3. The van der Waals surface area contributed by atoms with E-state index in [0.717, 1.165) is 31.5 Å². The lowest BCUT2D eigenvalue weighted by atomic mass is 9.96. The van der Waals surface area contributed by atoms with Crippen molar-refractivity contribution in [3.05, 3.63) is 29.8 Å². The van der Waals surface area contributed by atoms with Gasteiger partial charge in [0.2, 0.25) is 17.7 Å². The molecule has 0 atom stereocenters. The monoisotopic (exact) mass is 357 g/mol. The molecule has 1 fully saturated rings. The van der Waals surface area contributed by atoms with Crippen molar-refractivity contribution in [2.75, 3.05) is 18.0 Å². The number of hydrogen-bond acceptors (Lipinski definition) is 3. The minimum Gasteiger partial charge on any atom is -0.354 e. The van der Waals surface area contributed by atoms with E-state index < -0.39 is 5.54 Å². The summed E-state index contributed by atoms with van der Waals surface area (Å²) in [5.74, 6) is -0.198. The van der Waals surface area contributed by atoms with Crippen LogP contribution in [0.2, 0.25) is 0 Å². The van der Waals surface area contributed by atoms with Crippen LogP contribution >= 0.6 is 0 Å². The Labute approximate surface area is 154 Å².